The predicted octanol–water partition coefficient (Wildman–Crippen LogP) is 1.95. The maximum Gasteiger partial charge on any atom is 0.437 e. The first-order valence-electron chi connectivity index (χ1n) is 9.35. The zero-order valence-electron chi connectivity index (χ0n) is 15.5. The normalized spacial score (nSPS) is 15.1. The van der Waals surface area contributed by atoms with Gasteiger partial charge in [-0.05, 0) is 23.4 Å². The van der Waals surface area contributed by atoms with Crippen molar-refractivity contribution in [2.75, 3.05) is 32.7 Å². The summed E-state index contributed by atoms with van der Waals surface area (Å²) in [6, 6.07) is 14.1. The number of thiophene rings is 1. The molecule has 3 heterocycles. The number of piperazine rings is 1. The van der Waals surface area contributed by atoms with E-state index < -0.39 is 5.76 Å². The summed E-state index contributed by atoms with van der Waals surface area (Å²) in [7, 11) is 0. The van der Waals surface area contributed by atoms with Crippen LogP contribution < -0.4 is 5.76 Å². The molecule has 0 aliphatic carbocycles. The molecule has 0 N–H and O–H groups in total. The summed E-state index contributed by atoms with van der Waals surface area (Å²) in [4.78, 5) is 29.5. The van der Waals surface area contributed by atoms with Crippen LogP contribution in [0, 0.1) is 0 Å². The number of nitrogens with zero attached hydrogens (tertiary/aromatic N) is 4. The molecule has 1 saturated heterocycles. The monoisotopic (exact) mass is 398 g/mol. The van der Waals surface area contributed by atoms with Crippen LogP contribution in [0.2, 0.25) is 0 Å². The Morgan fingerprint density at radius 3 is 2.57 bits per heavy atom. The van der Waals surface area contributed by atoms with Crippen molar-refractivity contribution in [3.8, 4) is 10.8 Å². The third-order valence-corrected chi connectivity index (χ3v) is 5.77. The van der Waals surface area contributed by atoms with Crippen LogP contribution in [0.15, 0.2) is 57.1 Å². The van der Waals surface area contributed by atoms with Crippen LogP contribution in [-0.2, 0) is 17.8 Å². The topological polar surface area (TPSA) is 71.6 Å². The van der Waals surface area contributed by atoms with E-state index in [4.69, 9.17) is 4.42 Å². The van der Waals surface area contributed by atoms with Crippen molar-refractivity contribution < 1.29 is 9.21 Å². The highest BCUT2D eigenvalue weighted by molar-refractivity contribution is 7.13. The number of amides is 1. The Bertz CT molecular complexity index is 957. The van der Waals surface area contributed by atoms with Crippen molar-refractivity contribution in [3.63, 3.8) is 0 Å². The van der Waals surface area contributed by atoms with Gasteiger partial charge in [-0.25, -0.2) is 4.79 Å². The van der Waals surface area contributed by atoms with E-state index >= 15 is 0 Å². The van der Waals surface area contributed by atoms with E-state index in [9.17, 15) is 9.59 Å². The van der Waals surface area contributed by atoms with Gasteiger partial charge in [-0.3, -0.25) is 9.69 Å². The third-order valence-electron chi connectivity index (χ3n) is 4.91. The van der Waals surface area contributed by atoms with Crippen LogP contribution in [0.25, 0.3) is 10.8 Å². The number of hydrogen-bond acceptors (Lipinski definition) is 6. The van der Waals surface area contributed by atoms with Gasteiger partial charge in [0.25, 0.3) is 5.89 Å². The van der Waals surface area contributed by atoms with Crippen molar-refractivity contribution in [1.82, 2.24) is 19.6 Å². The molecule has 3 aromatic rings. The number of rotatable bonds is 6. The van der Waals surface area contributed by atoms with Gasteiger partial charge in [-0.1, -0.05) is 36.4 Å². The second-order valence-electron chi connectivity index (χ2n) is 6.77. The van der Waals surface area contributed by atoms with E-state index in [1.165, 1.54) is 16.9 Å². The standard InChI is InChI=1S/C20H22N4O3S/c25-18(15-24-20(26)27-19(21-24)17-7-4-14-28-17)23-12-10-22(11-13-23)9-8-16-5-2-1-3-6-16/h1-7,14H,8-13,15H2. The molecule has 7 nitrogen and oxygen atoms in total. The number of hydrogen-bond donors (Lipinski definition) is 0. The Morgan fingerprint density at radius 2 is 1.86 bits per heavy atom. The SMILES string of the molecule is O=C(Cn1nc(-c2cccs2)oc1=O)N1CCN(CCc2ccccc2)CC1. The van der Waals surface area contributed by atoms with Gasteiger partial charge in [-0.2, -0.15) is 4.68 Å². The molecule has 1 aromatic carbocycles. The molecule has 2 aromatic heterocycles. The molecule has 8 heteroatoms. The zero-order chi connectivity index (χ0) is 19.3. The third kappa shape index (κ3) is 4.40. The van der Waals surface area contributed by atoms with Crippen molar-refractivity contribution in [1.29, 1.82) is 0 Å². The molecule has 1 aliphatic rings. The molecule has 0 radical (unpaired) electrons. The second kappa shape index (κ2) is 8.53. The second-order valence-corrected chi connectivity index (χ2v) is 7.71. The smallest absolute Gasteiger partial charge is 0.387 e. The van der Waals surface area contributed by atoms with Crippen LogP contribution in [0.5, 0.6) is 0 Å². The molecule has 0 bridgehead atoms. The Hall–Kier alpha value is -2.71. The molecule has 0 atom stereocenters. The van der Waals surface area contributed by atoms with Gasteiger partial charge in [0.1, 0.15) is 6.54 Å². The minimum atomic E-state index is -0.599. The van der Waals surface area contributed by atoms with E-state index in [-0.39, 0.29) is 18.3 Å². The first-order chi connectivity index (χ1) is 13.7. The largest absolute Gasteiger partial charge is 0.437 e. The van der Waals surface area contributed by atoms with Gasteiger partial charge in [-0.15, -0.1) is 16.4 Å². The Kier molecular flexibility index (Phi) is 5.68. The Labute approximate surface area is 166 Å². The highest BCUT2D eigenvalue weighted by atomic mass is 32.1. The van der Waals surface area contributed by atoms with E-state index in [2.05, 4.69) is 34.3 Å². The fraction of sp³-hybridized carbons (Fsp3) is 0.350. The first kappa shape index (κ1) is 18.6. The van der Waals surface area contributed by atoms with Crippen molar-refractivity contribution in [2.45, 2.75) is 13.0 Å². The van der Waals surface area contributed by atoms with Crippen molar-refractivity contribution >= 4 is 17.2 Å². The van der Waals surface area contributed by atoms with Crippen LogP contribution in [0.4, 0.5) is 0 Å². The maximum atomic E-state index is 12.6. The van der Waals surface area contributed by atoms with Gasteiger partial charge in [0, 0.05) is 32.7 Å². The molecule has 28 heavy (non-hydrogen) atoms. The van der Waals surface area contributed by atoms with Crippen LogP contribution in [0.3, 0.4) is 0 Å². The van der Waals surface area contributed by atoms with E-state index in [0.717, 1.165) is 35.6 Å². The summed E-state index contributed by atoms with van der Waals surface area (Å²) in [5.41, 5.74) is 1.33. The number of benzene rings is 1. The van der Waals surface area contributed by atoms with E-state index in [1.807, 2.05) is 23.6 Å². The van der Waals surface area contributed by atoms with E-state index in [1.54, 1.807) is 4.90 Å². The van der Waals surface area contributed by atoms with Gasteiger partial charge < -0.3 is 9.32 Å². The van der Waals surface area contributed by atoms with E-state index in [0.29, 0.717) is 13.1 Å². The molecule has 1 aliphatic heterocycles. The van der Waals surface area contributed by atoms with Crippen molar-refractivity contribution in [3.05, 3.63) is 64.0 Å². The highest BCUT2D eigenvalue weighted by Crippen LogP contribution is 2.21. The zero-order valence-corrected chi connectivity index (χ0v) is 16.3. The lowest BCUT2D eigenvalue weighted by Gasteiger charge is -2.34. The Balaban J connectivity index is 1.28. The molecule has 1 fully saturated rings. The summed E-state index contributed by atoms with van der Waals surface area (Å²) in [6.45, 7) is 3.91. The number of carbonyl (C=O) groups is 1. The first-order valence-corrected chi connectivity index (χ1v) is 10.2. The van der Waals surface area contributed by atoms with Gasteiger partial charge in [0.2, 0.25) is 5.91 Å². The molecule has 1 amide bonds. The van der Waals surface area contributed by atoms with Gasteiger partial charge >= 0.3 is 5.76 Å². The van der Waals surface area contributed by atoms with Crippen LogP contribution in [-0.4, -0.2) is 58.2 Å². The average molecular weight is 398 g/mol. The summed E-state index contributed by atoms with van der Waals surface area (Å²) >= 11 is 1.44. The quantitative estimate of drug-likeness (QED) is 0.635. The maximum absolute atomic E-state index is 12.6. The number of carbonyl (C=O) groups excluding carboxylic acids is 1. The summed E-state index contributed by atoms with van der Waals surface area (Å²) in [6.07, 6.45) is 1.01. The summed E-state index contributed by atoms with van der Waals surface area (Å²) in [5.74, 6) is -0.437. The predicted molar refractivity (Wildman–Crippen MR) is 107 cm³/mol. The van der Waals surface area contributed by atoms with Crippen LogP contribution in [0.1, 0.15) is 5.56 Å². The van der Waals surface area contributed by atoms with Gasteiger partial charge in [0.15, 0.2) is 0 Å². The molecule has 0 saturated carbocycles. The molecule has 4 rings (SSSR count). The minimum absolute atomic E-state index is 0.0856. The lowest BCUT2D eigenvalue weighted by atomic mass is 10.1. The minimum Gasteiger partial charge on any atom is -0.387 e. The fourth-order valence-corrected chi connectivity index (χ4v) is 3.93. The van der Waals surface area contributed by atoms with Crippen molar-refractivity contribution in [2.24, 2.45) is 0 Å². The summed E-state index contributed by atoms with van der Waals surface area (Å²) < 4.78 is 6.28. The highest BCUT2D eigenvalue weighted by Gasteiger charge is 2.22. The molecular formula is C20H22N4O3S. The van der Waals surface area contributed by atoms with Gasteiger partial charge in [0.05, 0.1) is 4.88 Å². The lowest BCUT2D eigenvalue weighted by Crippen LogP contribution is -2.50. The lowest BCUT2D eigenvalue weighted by molar-refractivity contribution is -0.133. The Morgan fingerprint density at radius 1 is 1.07 bits per heavy atom. The molecule has 0 unspecified atom stereocenters. The average Bonchev–Trinajstić information content (AvgIpc) is 3.38. The fourth-order valence-electron chi connectivity index (χ4n) is 3.29. The molecular weight excluding hydrogens is 376 g/mol. The molecule has 0 spiro atoms. The number of aromatic nitrogens is 2. The van der Waals surface area contributed by atoms with Crippen LogP contribution >= 0.6 is 11.3 Å². The molecule has 146 valence electrons. The summed E-state index contributed by atoms with van der Waals surface area (Å²) in [5, 5.41) is 6.04.